The first-order chi connectivity index (χ1) is 5.43. The largest absolute Gasteiger partial charge is 0.492 e. The summed E-state index contributed by atoms with van der Waals surface area (Å²) in [6.45, 7) is 0.343. The van der Waals surface area contributed by atoms with Gasteiger partial charge in [0, 0.05) is 6.42 Å². The minimum atomic E-state index is 0.343. The highest BCUT2D eigenvalue weighted by atomic mass is 16.5. The lowest BCUT2D eigenvalue weighted by Gasteiger charge is -2.08. The van der Waals surface area contributed by atoms with Crippen LogP contribution in [0.2, 0.25) is 0 Å². The standard InChI is InChI=1S/C8H11NO2/c10-9-6-7-11-8-4-2-1-3-5-8/h1-2,4,6,10H,3,5,7H2. The summed E-state index contributed by atoms with van der Waals surface area (Å²) in [5.74, 6) is 0.951. The van der Waals surface area contributed by atoms with Crippen LogP contribution in [0.25, 0.3) is 0 Å². The molecule has 1 rings (SSSR count). The summed E-state index contributed by atoms with van der Waals surface area (Å²) < 4.78 is 5.22. The maximum atomic E-state index is 8.05. The monoisotopic (exact) mass is 153 g/mol. The molecule has 0 atom stereocenters. The lowest BCUT2D eigenvalue weighted by molar-refractivity contribution is 0.242. The Kier molecular flexibility index (Phi) is 3.25. The van der Waals surface area contributed by atoms with Gasteiger partial charge in [0.1, 0.15) is 6.61 Å². The topological polar surface area (TPSA) is 41.8 Å². The molecule has 3 nitrogen and oxygen atoms in total. The fourth-order valence-electron chi connectivity index (χ4n) is 0.878. The summed E-state index contributed by atoms with van der Waals surface area (Å²) in [5, 5.41) is 10.9. The van der Waals surface area contributed by atoms with Crippen LogP contribution < -0.4 is 0 Å². The van der Waals surface area contributed by atoms with Gasteiger partial charge in [0.15, 0.2) is 0 Å². The van der Waals surface area contributed by atoms with Crippen LogP contribution in [0.15, 0.2) is 29.1 Å². The number of hydrogen-bond donors (Lipinski definition) is 1. The van der Waals surface area contributed by atoms with Gasteiger partial charge in [-0.15, -0.1) is 0 Å². The van der Waals surface area contributed by atoms with Gasteiger partial charge in [0.2, 0.25) is 0 Å². The van der Waals surface area contributed by atoms with E-state index in [0.717, 1.165) is 18.6 Å². The van der Waals surface area contributed by atoms with Gasteiger partial charge in [-0.1, -0.05) is 17.3 Å². The lowest BCUT2D eigenvalue weighted by Crippen LogP contribution is -1.97. The number of allylic oxidation sites excluding steroid dienone is 4. The Morgan fingerprint density at radius 1 is 1.73 bits per heavy atom. The number of oxime groups is 1. The minimum absolute atomic E-state index is 0.343. The molecule has 1 aliphatic carbocycles. The van der Waals surface area contributed by atoms with Gasteiger partial charge < -0.3 is 9.94 Å². The number of rotatable bonds is 3. The third kappa shape index (κ3) is 2.89. The zero-order valence-electron chi connectivity index (χ0n) is 6.23. The van der Waals surface area contributed by atoms with Crippen molar-refractivity contribution in [1.82, 2.24) is 0 Å². The molecule has 0 spiro atoms. The molecule has 0 saturated carbocycles. The van der Waals surface area contributed by atoms with Crippen LogP contribution in [0.4, 0.5) is 0 Å². The first kappa shape index (κ1) is 7.85. The molecular weight excluding hydrogens is 142 g/mol. The fraction of sp³-hybridized carbons (Fsp3) is 0.375. The smallest absolute Gasteiger partial charge is 0.126 e. The fourth-order valence-corrected chi connectivity index (χ4v) is 0.878. The summed E-state index contributed by atoms with van der Waals surface area (Å²) in [4.78, 5) is 0. The number of ether oxygens (including phenoxy) is 1. The van der Waals surface area contributed by atoms with E-state index in [2.05, 4.69) is 11.2 Å². The van der Waals surface area contributed by atoms with E-state index in [1.807, 2.05) is 12.2 Å². The molecule has 0 aromatic rings. The second-order valence-corrected chi connectivity index (χ2v) is 2.21. The Morgan fingerprint density at radius 2 is 2.64 bits per heavy atom. The highest BCUT2D eigenvalue weighted by Gasteiger charge is 1.97. The van der Waals surface area contributed by atoms with Crippen molar-refractivity contribution >= 4 is 6.21 Å². The molecule has 0 radical (unpaired) electrons. The van der Waals surface area contributed by atoms with Crippen LogP contribution in [-0.4, -0.2) is 18.0 Å². The van der Waals surface area contributed by atoms with E-state index in [1.54, 1.807) is 0 Å². The molecular formula is C8H11NO2. The van der Waals surface area contributed by atoms with Gasteiger partial charge >= 0.3 is 0 Å². The van der Waals surface area contributed by atoms with E-state index >= 15 is 0 Å². The molecule has 3 heteroatoms. The molecule has 1 N–H and O–H groups in total. The van der Waals surface area contributed by atoms with Crippen LogP contribution in [0, 0.1) is 0 Å². The molecule has 0 saturated heterocycles. The van der Waals surface area contributed by atoms with E-state index in [1.165, 1.54) is 6.21 Å². The van der Waals surface area contributed by atoms with Crippen LogP contribution in [0.3, 0.4) is 0 Å². The van der Waals surface area contributed by atoms with Crippen molar-refractivity contribution in [3.05, 3.63) is 24.0 Å². The van der Waals surface area contributed by atoms with Crippen molar-refractivity contribution in [2.24, 2.45) is 5.16 Å². The average molecular weight is 153 g/mol. The second kappa shape index (κ2) is 4.55. The summed E-state index contributed by atoms with van der Waals surface area (Å²) in [7, 11) is 0. The van der Waals surface area contributed by atoms with E-state index in [-0.39, 0.29) is 0 Å². The van der Waals surface area contributed by atoms with Gasteiger partial charge in [-0.25, -0.2) is 0 Å². The van der Waals surface area contributed by atoms with Crippen LogP contribution in [0.1, 0.15) is 12.8 Å². The molecule has 0 aromatic heterocycles. The predicted molar refractivity (Wildman–Crippen MR) is 42.7 cm³/mol. The van der Waals surface area contributed by atoms with Crippen molar-refractivity contribution in [3.63, 3.8) is 0 Å². The maximum Gasteiger partial charge on any atom is 0.126 e. The van der Waals surface area contributed by atoms with Crippen molar-refractivity contribution in [2.75, 3.05) is 6.61 Å². The van der Waals surface area contributed by atoms with Gasteiger partial charge in [-0.3, -0.25) is 0 Å². The van der Waals surface area contributed by atoms with Crippen molar-refractivity contribution in [2.45, 2.75) is 12.8 Å². The van der Waals surface area contributed by atoms with Gasteiger partial charge in [0.05, 0.1) is 12.0 Å². The van der Waals surface area contributed by atoms with Gasteiger partial charge in [-0.2, -0.15) is 0 Å². The average Bonchev–Trinajstić information content (AvgIpc) is 2.07. The van der Waals surface area contributed by atoms with Crippen molar-refractivity contribution in [3.8, 4) is 0 Å². The molecule has 1 aliphatic rings. The third-order valence-corrected chi connectivity index (χ3v) is 1.40. The second-order valence-electron chi connectivity index (χ2n) is 2.21. The molecule has 0 heterocycles. The Labute approximate surface area is 65.7 Å². The number of nitrogens with zero attached hydrogens (tertiary/aromatic N) is 1. The quantitative estimate of drug-likeness (QED) is 0.381. The first-order valence-electron chi connectivity index (χ1n) is 3.58. The zero-order valence-corrected chi connectivity index (χ0v) is 6.23. The summed E-state index contributed by atoms with van der Waals surface area (Å²) >= 11 is 0. The van der Waals surface area contributed by atoms with Crippen LogP contribution in [0.5, 0.6) is 0 Å². The molecule has 0 aliphatic heterocycles. The van der Waals surface area contributed by atoms with Gasteiger partial charge in [0.25, 0.3) is 0 Å². The van der Waals surface area contributed by atoms with Gasteiger partial charge in [-0.05, 0) is 12.5 Å². The maximum absolute atomic E-state index is 8.05. The molecule has 11 heavy (non-hydrogen) atoms. The van der Waals surface area contributed by atoms with Crippen molar-refractivity contribution < 1.29 is 9.94 Å². The molecule has 0 amide bonds. The molecule has 60 valence electrons. The third-order valence-electron chi connectivity index (χ3n) is 1.40. The number of hydrogen-bond acceptors (Lipinski definition) is 3. The molecule has 0 aromatic carbocycles. The highest BCUT2D eigenvalue weighted by molar-refractivity contribution is 5.57. The first-order valence-corrected chi connectivity index (χ1v) is 3.58. The molecule has 0 fully saturated rings. The summed E-state index contributed by atoms with van der Waals surface area (Å²) in [6.07, 6.45) is 9.27. The van der Waals surface area contributed by atoms with E-state index in [9.17, 15) is 0 Å². The van der Waals surface area contributed by atoms with Crippen LogP contribution in [-0.2, 0) is 4.74 Å². The lowest BCUT2D eigenvalue weighted by atomic mass is 10.2. The Morgan fingerprint density at radius 3 is 3.27 bits per heavy atom. The van der Waals surface area contributed by atoms with E-state index in [0.29, 0.717) is 6.61 Å². The molecule has 0 bridgehead atoms. The Bertz CT molecular complexity index is 194. The Balaban J connectivity index is 2.25. The summed E-state index contributed by atoms with van der Waals surface area (Å²) in [6, 6.07) is 0. The minimum Gasteiger partial charge on any atom is -0.492 e. The van der Waals surface area contributed by atoms with E-state index in [4.69, 9.17) is 9.94 Å². The van der Waals surface area contributed by atoms with E-state index < -0.39 is 0 Å². The predicted octanol–water partition coefficient (Wildman–Crippen LogP) is 1.70. The van der Waals surface area contributed by atoms with Crippen LogP contribution >= 0.6 is 0 Å². The zero-order chi connectivity index (χ0) is 7.94. The highest BCUT2D eigenvalue weighted by Crippen LogP contribution is 2.11. The molecule has 0 unspecified atom stereocenters. The normalized spacial score (nSPS) is 16.9. The SMILES string of the molecule is ON=CCOC1=CC=CCC1. The summed E-state index contributed by atoms with van der Waals surface area (Å²) in [5.41, 5.74) is 0. The van der Waals surface area contributed by atoms with Crippen molar-refractivity contribution in [1.29, 1.82) is 0 Å². The Hall–Kier alpha value is -1.25.